The van der Waals surface area contributed by atoms with Crippen LogP contribution >= 0.6 is 0 Å². The lowest BCUT2D eigenvalue weighted by molar-refractivity contribution is -0.195. The zero-order chi connectivity index (χ0) is 53.7. The first-order valence-electron chi connectivity index (χ1n) is 26.6. The number of benzene rings is 2. The number of aldehydes is 1. The third kappa shape index (κ3) is 10.4. The van der Waals surface area contributed by atoms with E-state index in [-0.39, 0.29) is 20.4 Å². The van der Waals surface area contributed by atoms with Gasteiger partial charge in [-0.25, -0.2) is 34.7 Å². The van der Waals surface area contributed by atoms with E-state index in [0.717, 1.165) is 125 Å². The Morgan fingerprint density at radius 2 is 1.16 bits per heavy atom. The van der Waals surface area contributed by atoms with Crippen LogP contribution in [0.5, 0.6) is 0 Å². The topological polar surface area (TPSA) is 277 Å². The monoisotopic (exact) mass is 1100 g/mol. The Hall–Kier alpha value is -7.96. The van der Waals surface area contributed by atoms with E-state index >= 15 is 0 Å². The number of carboxylic acids is 1. The number of carbonyl (C=O) groups is 2. The number of morpholine rings is 2. The Kier molecular flexibility index (Phi) is 15.5. The summed E-state index contributed by atoms with van der Waals surface area (Å²) in [5.41, 5.74) is 10.4. The number of H-pyrrole nitrogens is 2. The molecule has 22 heteroatoms. The number of rotatable bonds is 8. The van der Waals surface area contributed by atoms with Gasteiger partial charge in [0, 0.05) is 108 Å². The number of carboxylic acid groups (broad SMARTS) is 1. The summed E-state index contributed by atoms with van der Waals surface area (Å²) < 4.78 is 34.1. The number of nitrogens with zero attached hydrogens (tertiary/aromatic N) is 9. The van der Waals surface area contributed by atoms with Crippen LogP contribution in [0.3, 0.4) is 0 Å². The molecule has 0 amide bonds. The molecule has 1 aliphatic carbocycles. The van der Waals surface area contributed by atoms with Gasteiger partial charge in [0.2, 0.25) is 11.4 Å². The lowest BCUT2D eigenvalue weighted by Gasteiger charge is -2.57. The molecule has 6 fully saturated rings. The van der Waals surface area contributed by atoms with E-state index in [1.165, 1.54) is 31.9 Å². The third-order valence-corrected chi connectivity index (χ3v) is 15.9. The quantitative estimate of drug-likeness (QED) is 0.0709. The van der Waals surface area contributed by atoms with Gasteiger partial charge in [-0.3, -0.25) is 9.69 Å². The first-order chi connectivity index (χ1) is 38.6. The minimum Gasteiger partial charge on any atom is -0.477 e. The number of aliphatic hydroxyl groups excluding tert-OH is 1. The van der Waals surface area contributed by atoms with Gasteiger partial charge in [0.1, 0.15) is 11.0 Å². The molecule has 8 aromatic heterocycles. The maximum absolute atomic E-state index is 11.3. The molecular weight excluding hydrogens is 1040 g/mol. The minimum absolute atomic E-state index is 0. The lowest BCUT2D eigenvalue weighted by Crippen LogP contribution is -2.70. The summed E-state index contributed by atoms with van der Waals surface area (Å²) in [7, 11) is 0. The number of anilines is 2. The molecule has 81 heavy (non-hydrogen) atoms. The van der Waals surface area contributed by atoms with Crippen molar-refractivity contribution in [2.24, 2.45) is 5.41 Å². The predicted molar refractivity (Wildman–Crippen MR) is 305 cm³/mol. The summed E-state index contributed by atoms with van der Waals surface area (Å²) in [6.45, 7) is 11.3. The number of hydrogen-bond donors (Lipinski definition) is 5. The molecule has 0 bridgehead atoms. The van der Waals surface area contributed by atoms with Crippen LogP contribution in [0.15, 0.2) is 94.3 Å². The number of ether oxygens (including phenoxy) is 4. The number of nitrogens with one attached hydrogen (secondary N) is 2. The highest BCUT2D eigenvalue weighted by molar-refractivity contribution is 6.08. The molecule has 5 saturated heterocycles. The standard InChI is InChI=1S/C27H26N6O3.C22H17N5O3.C6H10O.C2H4O4.2CH4/c1-2-19(18-4-6-28-21(18)3-1)24-30-22-20-12-17(14-33-7-5-27(33)15-35-16-27)13-29-26(20)36-23(22)25(31-24)32-8-10-34-11-9-32;28-12-13-10-16-18-19(30-22(16)24-11-13)21(27-6-8-29-9-7-27)26-20(25-18)15-2-1-3-17-14(15)4-5-23-17;1-2-6(3-1)4-7-5-6;3-1(4)2(5)6;;/h1-4,6,12-13,28H,5,7-11,14-16H2;1-5,10-12,23H,6-9H2;1-5H2;1,3-4H,(H,5,6);2*1H4. The molecule has 5 N–H and O–H groups in total. The average molecular weight is 1100 g/mol. The number of likely N-dealkylation sites (tertiary alicyclic amines) is 1. The van der Waals surface area contributed by atoms with Crippen LogP contribution in [0.4, 0.5) is 11.6 Å². The van der Waals surface area contributed by atoms with Crippen molar-refractivity contribution in [1.29, 1.82) is 0 Å². The first-order valence-corrected chi connectivity index (χ1v) is 26.6. The van der Waals surface area contributed by atoms with Crippen molar-refractivity contribution in [3.63, 3.8) is 0 Å². The third-order valence-electron chi connectivity index (χ3n) is 15.9. The van der Waals surface area contributed by atoms with Gasteiger partial charge >= 0.3 is 5.97 Å². The molecule has 0 unspecified atom stereocenters. The number of pyridine rings is 2. The van der Waals surface area contributed by atoms with Crippen LogP contribution in [0.1, 0.15) is 56.5 Å². The Labute approximate surface area is 465 Å². The highest BCUT2D eigenvalue weighted by Crippen LogP contribution is 2.46. The van der Waals surface area contributed by atoms with E-state index in [2.05, 4.69) is 53.9 Å². The summed E-state index contributed by atoms with van der Waals surface area (Å²) in [6.07, 6.45) is 11.4. The summed E-state index contributed by atoms with van der Waals surface area (Å²) in [5.74, 6) is 1.19. The average Bonchev–Trinajstić information content (AvgIpc) is 4.28. The van der Waals surface area contributed by atoms with E-state index in [1.54, 1.807) is 6.07 Å². The van der Waals surface area contributed by atoms with Crippen LogP contribution in [-0.2, 0) is 30.3 Å². The van der Waals surface area contributed by atoms with Crippen molar-refractivity contribution in [3.05, 3.63) is 96.6 Å². The van der Waals surface area contributed by atoms with Crippen molar-refractivity contribution in [3.8, 4) is 22.8 Å². The Balaban J connectivity index is 0.000000138. The number of fused-ring (bicyclic) bond motifs is 8. The second-order valence-electron chi connectivity index (χ2n) is 20.9. The molecule has 422 valence electrons. The summed E-state index contributed by atoms with van der Waals surface area (Å²) >= 11 is 0. The molecule has 0 radical (unpaired) electrons. The largest absolute Gasteiger partial charge is 0.477 e. The van der Waals surface area contributed by atoms with Crippen LogP contribution < -0.4 is 9.80 Å². The maximum Gasteiger partial charge on any atom is 0.360 e. The van der Waals surface area contributed by atoms with Crippen LogP contribution in [0.2, 0.25) is 0 Å². The molecule has 13 heterocycles. The van der Waals surface area contributed by atoms with Gasteiger partial charge in [0.15, 0.2) is 40.7 Å². The number of furan rings is 2. The van der Waals surface area contributed by atoms with Crippen LogP contribution in [-0.4, -0.2) is 170 Å². The highest BCUT2D eigenvalue weighted by Gasteiger charge is 2.50. The molecule has 5 aliphatic heterocycles. The number of aromatic nitrogens is 8. The molecule has 22 nitrogen and oxygen atoms in total. The van der Waals surface area contributed by atoms with Crippen molar-refractivity contribution in [1.82, 2.24) is 44.8 Å². The number of aromatic amines is 2. The molecule has 2 aromatic carbocycles. The first kappa shape index (κ1) is 55.0. The van der Waals surface area contributed by atoms with Crippen molar-refractivity contribution < 1.29 is 52.7 Å². The van der Waals surface area contributed by atoms with Crippen LogP contribution in [0.25, 0.3) is 89.0 Å². The van der Waals surface area contributed by atoms with Gasteiger partial charge in [-0.15, -0.1) is 0 Å². The second-order valence-corrected chi connectivity index (χ2v) is 20.9. The minimum atomic E-state index is -2.23. The Bertz CT molecular complexity index is 3860. The highest BCUT2D eigenvalue weighted by atomic mass is 16.5. The molecular formula is C59H65N11O11. The molecule has 2 spiro atoms. The van der Waals surface area contributed by atoms with Gasteiger partial charge < -0.3 is 62.9 Å². The van der Waals surface area contributed by atoms with Gasteiger partial charge in [-0.1, -0.05) is 45.5 Å². The second kappa shape index (κ2) is 22.9. The zero-order valence-corrected chi connectivity index (χ0v) is 43.1. The predicted octanol–water partition coefficient (Wildman–Crippen LogP) is 8.14. The molecule has 16 rings (SSSR count). The van der Waals surface area contributed by atoms with E-state index in [9.17, 15) is 9.59 Å². The summed E-state index contributed by atoms with van der Waals surface area (Å²) in [5, 5.41) is 26.4. The number of carbonyl (C=O) groups excluding carboxylic acids is 1. The van der Waals surface area contributed by atoms with Gasteiger partial charge in [0.05, 0.1) is 69.2 Å². The Morgan fingerprint density at radius 1 is 0.642 bits per heavy atom. The molecule has 10 aromatic rings. The van der Waals surface area contributed by atoms with E-state index in [0.29, 0.717) is 90.2 Å². The number of aliphatic carboxylic acids is 1. The molecule has 1 saturated carbocycles. The summed E-state index contributed by atoms with van der Waals surface area (Å²) in [4.78, 5) is 62.8. The smallest absolute Gasteiger partial charge is 0.360 e. The normalized spacial score (nSPS) is 17.9. The molecule has 0 atom stereocenters. The maximum atomic E-state index is 11.3. The van der Waals surface area contributed by atoms with Crippen molar-refractivity contribution in [2.45, 2.75) is 58.9 Å². The fraction of sp³-hybridized carbons (Fsp3) is 0.390. The summed E-state index contributed by atoms with van der Waals surface area (Å²) in [6, 6.07) is 20.3. The Morgan fingerprint density at radius 3 is 1.58 bits per heavy atom. The SMILES string of the molecule is C.C.C1CC2(C1)COC2.O=C(O)C(O)O.O=Cc1cnc2oc3c(N4CCOCC4)nc(-c4cccc5[nH]ccc45)nc3c2c1.c1cc(-c2nc(N3CCOCC3)c3oc4ncc(CN5CCC56COC6)cc4c3n2)c2cc[nH]c2c1. The van der Waals surface area contributed by atoms with Crippen LogP contribution in [0, 0.1) is 5.41 Å². The molecule has 6 aliphatic rings. The zero-order valence-electron chi connectivity index (χ0n) is 43.1. The van der Waals surface area contributed by atoms with Gasteiger partial charge in [-0.05, 0) is 61.2 Å². The van der Waals surface area contributed by atoms with Gasteiger partial charge in [-0.2, -0.15) is 0 Å². The fourth-order valence-corrected chi connectivity index (χ4v) is 11.1. The van der Waals surface area contributed by atoms with Gasteiger partial charge in [0.25, 0.3) is 6.29 Å². The number of aliphatic hydroxyl groups is 2. The fourth-order valence-electron chi connectivity index (χ4n) is 11.1. The van der Waals surface area contributed by atoms with E-state index in [4.69, 9.17) is 68.0 Å². The lowest BCUT2D eigenvalue weighted by atomic mass is 9.67. The number of hydrogen-bond acceptors (Lipinski definition) is 19. The van der Waals surface area contributed by atoms with Crippen molar-refractivity contribution in [2.75, 3.05) is 95.4 Å². The van der Waals surface area contributed by atoms with E-state index < -0.39 is 12.3 Å². The van der Waals surface area contributed by atoms with Crippen molar-refractivity contribution >= 4 is 90.1 Å². The van der Waals surface area contributed by atoms with E-state index in [1.807, 2.05) is 48.9 Å².